The number of methoxy groups -OCH3 is 4. The number of halogens is 2. The predicted octanol–water partition coefficient (Wildman–Crippen LogP) is 12.9. The van der Waals surface area contributed by atoms with Crippen LogP contribution >= 0.6 is 48.0 Å². The molecule has 0 saturated heterocycles. The van der Waals surface area contributed by atoms with E-state index < -0.39 is 5.97 Å². The number of aliphatic carboxylic acids is 1. The van der Waals surface area contributed by atoms with Gasteiger partial charge in [-0.3, -0.25) is 4.90 Å². The van der Waals surface area contributed by atoms with Gasteiger partial charge in [0, 0.05) is 42.5 Å². The molecule has 3 atom stereocenters. The number of quaternary nitrogens is 1. The number of benzene rings is 4. The minimum absolute atomic E-state index is 0. The van der Waals surface area contributed by atoms with Crippen molar-refractivity contribution in [3.8, 4) is 46.0 Å². The van der Waals surface area contributed by atoms with E-state index in [4.69, 9.17) is 28.4 Å². The third-order valence-electron chi connectivity index (χ3n) is 14.8. The van der Waals surface area contributed by atoms with Crippen molar-refractivity contribution in [1.29, 1.82) is 0 Å². The smallest absolute Gasteiger partial charge is 0.204 e. The number of carboxylic acids is 1. The number of hydrogen-bond donors (Lipinski definition) is 0. The molecule has 4 aliphatic rings. The Morgan fingerprint density at radius 2 is 1.22 bits per heavy atom. The van der Waals surface area contributed by atoms with Gasteiger partial charge >= 0.3 is 0 Å². The van der Waals surface area contributed by atoms with Gasteiger partial charge in [0.1, 0.15) is 11.8 Å². The molecule has 0 saturated carbocycles. The number of fused-ring (bicyclic) bond motifs is 2. The van der Waals surface area contributed by atoms with Crippen LogP contribution in [0.1, 0.15) is 148 Å². The van der Waals surface area contributed by atoms with E-state index in [9.17, 15) is 9.90 Å². The van der Waals surface area contributed by atoms with Gasteiger partial charge in [0.25, 0.3) is 0 Å². The first-order chi connectivity index (χ1) is 32.1. The quantitative estimate of drug-likeness (QED) is 0.0433. The fraction of sp³-hybridized carbons (Fsp3) is 0.554. The summed E-state index contributed by atoms with van der Waals surface area (Å²) in [5.74, 6) is 4.56. The number of carbonyl (C=O) groups is 1. The van der Waals surface area contributed by atoms with Crippen LogP contribution in [0.2, 0.25) is 0 Å². The summed E-state index contributed by atoms with van der Waals surface area (Å²) < 4.78 is 39.0. The van der Waals surface area contributed by atoms with Gasteiger partial charge < -0.3 is 42.8 Å². The van der Waals surface area contributed by atoms with Crippen LogP contribution in [0.25, 0.3) is 0 Å². The van der Waals surface area contributed by atoms with Crippen LogP contribution in [-0.4, -0.2) is 77.5 Å². The lowest BCUT2D eigenvalue weighted by Crippen LogP contribution is -2.52. The van der Waals surface area contributed by atoms with Gasteiger partial charge in [0.05, 0.1) is 48.6 Å². The highest BCUT2D eigenvalue weighted by molar-refractivity contribution is 14.0. The Morgan fingerprint density at radius 3 is 1.82 bits per heavy atom. The third kappa shape index (κ3) is 14.1. The molecule has 12 heteroatoms. The summed E-state index contributed by atoms with van der Waals surface area (Å²) >= 11 is 0. The average Bonchev–Trinajstić information content (AvgIpc) is 3.31. The maximum atomic E-state index is 10.6. The van der Waals surface area contributed by atoms with Gasteiger partial charge in [0.15, 0.2) is 34.5 Å². The Kier molecular flexibility index (Phi) is 22.2. The van der Waals surface area contributed by atoms with E-state index in [-0.39, 0.29) is 66.5 Å². The lowest BCUT2D eigenvalue weighted by molar-refractivity contribution is -0.941. The van der Waals surface area contributed by atoms with Crippen molar-refractivity contribution in [3.63, 3.8) is 0 Å². The fourth-order valence-electron chi connectivity index (χ4n) is 10.8. The molecule has 4 heterocycles. The zero-order chi connectivity index (χ0) is 46.5. The highest BCUT2D eigenvalue weighted by Gasteiger charge is 2.40. The molecule has 6 bridgehead atoms. The lowest BCUT2D eigenvalue weighted by atomic mass is 9.85. The highest BCUT2D eigenvalue weighted by Crippen LogP contribution is 2.52. The minimum Gasteiger partial charge on any atom is -0.550 e. The van der Waals surface area contributed by atoms with Crippen LogP contribution in [-0.2, 0) is 30.5 Å². The van der Waals surface area contributed by atoms with Gasteiger partial charge in [-0.25, -0.2) is 0 Å². The fourth-order valence-corrected chi connectivity index (χ4v) is 10.8. The second-order valence-electron chi connectivity index (χ2n) is 19.3. The van der Waals surface area contributed by atoms with Crippen molar-refractivity contribution < 1.29 is 42.8 Å². The van der Waals surface area contributed by atoms with Crippen molar-refractivity contribution >= 4 is 53.9 Å². The predicted molar refractivity (Wildman–Crippen MR) is 291 cm³/mol. The van der Waals surface area contributed by atoms with Gasteiger partial charge in [-0.1, -0.05) is 95.2 Å². The molecule has 4 aromatic rings. The van der Waals surface area contributed by atoms with Crippen LogP contribution in [0.5, 0.6) is 46.0 Å². The van der Waals surface area contributed by atoms with Gasteiger partial charge in [-0.05, 0) is 110 Å². The van der Waals surface area contributed by atoms with Crippen LogP contribution in [0, 0.1) is 0 Å². The topological polar surface area (TPSA) is 98.8 Å². The van der Waals surface area contributed by atoms with Crippen LogP contribution < -0.4 is 33.5 Å². The van der Waals surface area contributed by atoms with E-state index in [1.165, 1.54) is 99.3 Å². The summed E-state index contributed by atoms with van der Waals surface area (Å²) in [4.78, 5) is 13.0. The number of hydrogen-bond acceptors (Lipinski definition) is 9. The van der Waals surface area contributed by atoms with Crippen molar-refractivity contribution in [3.05, 3.63) is 94.0 Å². The number of unbranched alkanes of at least 4 members (excludes halogenated alkanes) is 14. The molecule has 374 valence electrons. The van der Waals surface area contributed by atoms with Crippen LogP contribution in [0.4, 0.5) is 0 Å². The summed E-state index contributed by atoms with van der Waals surface area (Å²) in [6.07, 6.45) is 22.0. The maximum absolute atomic E-state index is 10.6. The average molecular weight is 1160 g/mol. The summed E-state index contributed by atoms with van der Waals surface area (Å²) in [7, 11) is 11.5. The first-order valence-corrected chi connectivity index (χ1v) is 25.0. The van der Waals surface area contributed by atoms with Crippen LogP contribution in [0.15, 0.2) is 60.7 Å². The molecule has 0 aromatic heterocycles. The number of nitrogens with zero attached hydrogens (tertiary/aromatic N) is 2. The molecule has 0 amide bonds. The highest BCUT2D eigenvalue weighted by atomic mass is 127. The molecule has 4 aromatic carbocycles. The Labute approximate surface area is 441 Å². The van der Waals surface area contributed by atoms with Crippen molar-refractivity contribution in [2.75, 3.05) is 62.2 Å². The van der Waals surface area contributed by atoms with E-state index in [0.717, 1.165) is 85.3 Å². The molecule has 0 aliphatic carbocycles. The van der Waals surface area contributed by atoms with Gasteiger partial charge in [-0.2, -0.15) is 0 Å². The molecule has 8 rings (SSSR count). The second-order valence-corrected chi connectivity index (χ2v) is 19.3. The van der Waals surface area contributed by atoms with Crippen molar-refractivity contribution in [2.45, 2.75) is 141 Å². The number of carbonyl (C=O) groups excluding carboxylic acids is 1. The molecule has 0 fully saturated rings. The number of rotatable bonds is 22. The zero-order valence-corrected chi connectivity index (χ0v) is 46.3. The summed E-state index contributed by atoms with van der Waals surface area (Å²) in [6.45, 7) is 3.07. The molecule has 10 nitrogen and oxygen atoms in total. The molecule has 0 spiro atoms. The molecule has 68 heavy (non-hydrogen) atoms. The zero-order valence-electron chi connectivity index (χ0n) is 41.7. The normalized spacial score (nSPS) is 18.3. The molecular weight excluding hydrogens is 1080 g/mol. The maximum Gasteiger partial charge on any atom is 0.204 e. The Balaban J connectivity index is 0.00000432. The number of likely N-dealkylation sites (N-methyl/N-ethyl adjacent to an activating group) is 2. The number of ether oxygens (including phenoxy) is 6. The third-order valence-corrected chi connectivity index (χ3v) is 14.8. The molecular formula is C56H78I2N2O8. The lowest BCUT2D eigenvalue weighted by Gasteiger charge is -2.46. The summed E-state index contributed by atoms with van der Waals surface area (Å²) in [5, 5.41) is 10.6. The van der Waals surface area contributed by atoms with Crippen molar-refractivity contribution in [2.24, 2.45) is 0 Å². The summed E-state index contributed by atoms with van der Waals surface area (Å²) in [6, 6.07) is 21.7. The Bertz CT molecular complexity index is 2220. The number of carboxylic acid groups (broad SMARTS) is 1. The first-order valence-electron chi connectivity index (χ1n) is 25.0. The Hall–Kier alpha value is -3.47. The van der Waals surface area contributed by atoms with E-state index in [1.54, 1.807) is 28.4 Å². The van der Waals surface area contributed by atoms with Gasteiger partial charge in [0.2, 0.25) is 5.75 Å². The Morgan fingerprint density at radius 1 is 0.647 bits per heavy atom. The van der Waals surface area contributed by atoms with E-state index in [0.29, 0.717) is 40.9 Å². The largest absolute Gasteiger partial charge is 0.550 e. The summed E-state index contributed by atoms with van der Waals surface area (Å²) in [5.41, 5.74) is 7.32. The molecule has 0 radical (unpaired) electrons. The minimum atomic E-state index is -0.923. The van der Waals surface area contributed by atoms with Gasteiger partial charge in [-0.15, -0.1) is 48.0 Å². The van der Waals surface area contributed by atoms with Crippen LogP contribution in [0.3, 0.4) is 0 Å². The monoisotopic (exact) mass is 1160 g/mol. The van der Waals surface area contributed by atoms with Crippen molar-refractivity contribution in [1.82, 2.24) is 4.90 Å². The molecule has 3 unspecified atom stereocenters. The molecule has 0 N–H and O–H groups in total. The first kappa shape index (κ1) is 55.5. The van der Waals surface area contributed by atoms with E-state index >= 15 is 0 Å². The second kappa shape index (κ2) is 27.2. The molecule has 4 aliphatic heterocycles. The van der Waals surface area contributed by atoms with E-state index in [1.807, 2.05) is 6.07 Å². The van der Waals surface area contributed by atoms with E-state index in [2.05, 4.69) is 73.6 Å². The standard InChI is InChI=1S/C56H76N2O8.2HI/c1-57-31-29-43-38-52(63-5)55(64-6)56-54(43)46(57)34-41-25-28-48(61-3)50(36-41)65-44-26-23-40(24-27-44)35-47-45-39-51(66-56)49(62-4)37-42(45)30-33-58(47,2)32-21-19-17-15-13-11-9-7-8-10-12-14-16-18-20-22-53(59)60;;/h23-28,36-39,46-47H,7-22,29-35H2,1-6H3;2*1H. The SMILES string of the molecule is COc1ccc2cc1Oc1ccc(cc1)CC1c3cc(c(OC)cc3CC[N+]1(C)CCCCCCCCCCCCCCCCCC(=O)[O-])Oc1c(OC)c(OC)cc3c1C(C2)N(C)CC3.I.I.